The second kappa shape index (κ2) is 9.26. The minimum atomic E-state index is -0.0508. The van der Waals surface area contributed by atoms with E-state index in [0.717, 1.165) is 89.2 Å². The molecule has 1 aromatic rings. The number of hydrogen-bond donors (Lipinski definition) is 2. The van der Waals surface area contributed by atoms with Gasteiger partial charge in [0, 0.05) is 50.2 Å². The molecule has 2 N–H and O–H groups in total. The van der Waals surface area contributed by atoms with Gasteiger partial charge in [0.1, 0.15) is 0 Å². The molecular weight excluding hydrogens is 370 g/mol. The van der Waals surface area contributed by atoms with Crippen molar-refractivity contribution in [1.82, 2.24) is 20.2 Å². The maximum Gasteiger partial charge on any atom is 0.255 e. The number of carbonyl (C=O) groups is 1. The van der Waals surface area contributed by atoms with Gasteiger partial charge in [0.15, 0.2) is 0 Å². The number of fused-ring (bicyclic) bond motifs is 1. The van der Waals surface area contributed by atoms with Gasteiger partial charge in [0.25, 0.3) is 5.56 Å². The third-order valence-electron chi connectivity index (χ3n) is 6.33. The van der Waals surface area contributed by atoms with Gasteiger partial charge in [-0.1, -0.05) is 6.92 Å². The standard InChI is InChI=1S/C21H33N5O3/c1-15(13-25-9-11-29-12-10-25)19(27)22-16-5-4-8-26(14-16)21-23-18-7-3-2-6-17(18)20(28)24-21/h15-16H,2-14H2,1H3,(H,22,27)(H,23,24,28). The predicted octanol–water partition coefficient (Wildman–Crippen LogP) is 0.702. The first-order valence-electron chi connectivity index (χ1n) is 11.1. The van der Waals surface area contributed by atoms with Gasteiger partial charge < -0.3 is 15.0 Å². The zero-order valence-electron chi connectivity index (χ0n) is 17.4. The van der Waals surface area contributed by atoms with E-state index in [0.29, 0.717) is 12.5 Å². The van der Waals surface area contributed by atoms with Gasteiger partial charge >= 0.3 is 0 Å². The first kappa shape index (κ1) is 20.3. The Bertz CT molecular complexity index is 774. The Balaban J connectivity index is 1.35. The molecule has 2 saturated heterocycles. The average molecular weight is 404 g/mol. The first-order chi connectivity index (χ1) is 14.1. The van der Waals surface area contributed by atoms with Crippen molar-refractivity contribution < 1.29 is 9.53 Å². The molecule has 2 unspecified atom stereocenters. The lowest BCUT2D eigenvalue weighted by Crippen LogP contribution is -2.51. The number of hydrogen-bond acceptors (Lipinski definition) is 6. The molecule has 2 fully saturated rings. The van der Waals surface area contributed by atoms with Crippen molar-refractivity contribution in [3.8, 4) is 0 Å². The molecule has 2 aliphatic heterocycles. The molecule has 0 aromatic carbocycles. The smallest absolute Gasteiger partial charge is 0.255 e. The third-order valence-corrected chi connectivity index (χ3v) is 6.33. The van der Waals surface area contributed by atoms with Crippen LogP contribution in [0.15, 0.2) is 4.79 Å². The molecule has 3 aliphatic rings. The number of nitrogens with zero attached hydrogens (tertiary/aromatic N) is 3. The number of H-pyrrole nitrogens is 1. The van der Waals surface area contributed by atoms with E-state index in [1.165, 1.54) is 0 Å². The van der Waals surface area contributed by atoms with E-state index in [4.69, 9.17) is 9.72 Å². The van der Waals surface area contributed by atoms with E-state index in [1.54, 1.807) is 0 Å². The quantitative estimate of drug-likeness (QED) is 0.752. The fourth-order valence-electron chi connectivity index (χ4n) is 4.62. The Hall–Kier alpha value is -1.93. The highest BCUT2D eigenvalue weighted by Gasteiger charge is 2.27. The number of aryl methyl sites for hydroxylation is 1. The van der Waals surface area contributed by atoms with Crippen molar-refractivity contribution in [2.45, 2.75) is 51.5 Å². The Kier molecular flexibility index (Phi) is 6.50. The molecule has 1 aliphatic carbocycles. The van der Waals surface area contributed by atoms with E-state index in [-0.39, 0.29) is 23.4 Å². The van der Waals surface area contributed by atoms with Crippen molar-refractivity contribution in [3.63, 3.8) is 0 Å². The Morgan fingerprint density at radius 1 is 1.24 bits per heavy atom. The number of piperidine rings is 1. The van der Waals surface area contributed by atoms with Crippen LogP contribution in [0.25, 0.3) is 0 Å². The number of carbonyl (C=O) groups excluding carboxylic acids is 1. The van der Waals surface area contributed by atoms with Gasteiger partial charge in [-0.15, -0.1) is 0 Å². The lowest BCUT2D eigenvalue weighted by molar-refractivity contribution is -0.126. The number of anilines is 1. The Labute approximate surface area is 172 Å². The molecule has 0 bridgehead atoms. The highest BCUT2D eigenvalue weighted by atomic mass is 16.5. The second-order valence-electron chi connectivity index (χ2n) is 8.63. The molecule has 0 saturated carbocycles. The summed E-state index contributed by atoms with van der Waals surface area (Å²) < 4.78 is 5.38. The molecular formula is C21H33N5O3. The number of morpholine rings is 1. The molecule has 29 heavy (non-hydrogen) atoms. The van der Waals surface area contributed by atoms with Crippen LogP contribution in [0.2, 0.25) is 0 Å². The van der Waals surface area contributed by atoms with Crippen LogP contribution in [0.5, 0.6) is 0 Å². The summed E-state index contributed by atoms with van der Waals surface area (Å²) in [6.07, 6.45) is 5.82. The number of amides is 1. The van der Waals surface area contributed by atoms with Crippen LogP contribution in [0.3, 0.4) is 0 Å². The predicted molar refractivity (Wildman–Crippen MR) is 111 cm³/mol. The molecule has 0 radical (unpaired) electrons. The number of aromatic nitrogens is 2. The maximum absolute atomic E-state index is 12.7. The molecule has 8 heteroatoms. The van der Waals surface area contributed by atoms with Gasteiger partial charge in [-0.25, -0.2) is 4.98 Å². The summed E-state index contributed by atoms with van der Waals surface area (Å²) in [6.45, 7) is 7.60. The van der Waals surface area contributed by atoms with E-state index in [9.17, 15) is 9.59 Å². The normalized spacial score (nSPS) is 24.0. The minimum Gasteiger partial charge on any atom is -0.379 e. The summed E-state index contributed by atoms with van der Waals surface area (Å²) in [6, 6.07) is 0.0877. The van der Waals surface area contributed by atoms with Crippen LogP contribution in [0.4, 0.5) is 5.95 Å². The van der Waals surface area contributed by atoms with Crippen LogP contribution in [0, 0.1) is 5.92 Å². The molecule has 160 valence electrons. The summed E-state index contributed by atoms with van der Waals surface area (Å²) >= 11 is 0. The number of aromatic amines is 1. The number of nitrogens with one attached hydrogen (secondary N) is 2. The summed E-state index contributed by atoms with van der Waals surface area (Å²) in [5.74, 6) is 0.719. The lowest BCUT2D eigenvalue weighted by atomic mass is 9.97. The van der Waals surface area contributed by atoms with E-state index in [2.05, 4.69) is 20.1 Å². The van der Waals surface area contributed by atoms with Crippen molar-refractivity contribution >= 4 is 11.9 Å². The number of rotatable bonds is 5. The van der Waals surface area contributed by atoms with Crippen molar-refractivity contribution in [3.05, 3.63) is 21.6 Å². The lowest BCUT2D eigenvalue weighted by Gasteiger charge is -2.35. The molecule has 4 rings (SSSR count). The highest BCUT2D eigenvalue weighted by Crippen LogP contribution is 2.20. The zero-order valence-corrected chi connectivity index (χ0v) is 17.4. The summed E-state index contributed by atoms with van der Waals surface area (Å²) in [7, 11) is 0. The Morgan fingerprint density at radius 2 is 2.03 bits per heavy atom. The monoisotopic (exact) mass is 403 g/mol. The zero-order chi connectivity index (χ0) is 20.2. The maximum atomic E-state index is 12.7. The topological polar surface area (TPSA) is 90.6 Å². The van der Waals surface area contributed by atoms with Crippen molar-refractivity contribution in [2.75, 3.05) is 50.8 Å². The minimum absolute atomic E-state index is 0.00925. The van der Waals surface area contributed by atoms with Crippen LogP contribution in [-0.2, 0) is 22.4 Å². The van der Waals surface area contributed by atoms with Gasteiger partial charge in [-0.3, -0.25) is 19.5 Å². The Morgan fingerprint density at radius 3 is 2.86 bits per heavy atom. The van der Waals surface area contributed by atoms with Crippen LogP contribution in [0.1, 0.15) is 43.9 Å². The second-order valence-corrected chi connectivity index (χ2v) is 8.63. The van der Waals surface area contributed by atoms with Crippen LogP contribution >= 0.6 is 0 Å². The van der Waals surface area contributed by atoms with E-state index >= 15 is 0 Å². The third kappa shape index (κ3) is 4.98. The molecule has 1 amide bonds. The SMILES string of the molecule is CC(CN1CCOCC1)C(=O)NC1CCCN(c2nc3c(c(=O)[nH]2)CCCC3)C1. The largest absolute Gasteiger partial charge is 0.379 e. The van der Waals surface area contributed by atoms with E-state index < -0.39 is 0 Å². The molecule has 1 aromatic heterocycles. The van der Waals surface area contributed by atoms with Crippen molar-refractivity contribution in [2.24, 2.45) is 5.92 Å². The summed E-state index contributed by atoms with van der Waals surface area (Å²) in [5, 5.41) is 3.23. The molecule has 2 atom stereocenters. The van der Waals surface area contributed by atoms with Crippen molar-refractivity contribution in [1.29, 1.82) is 0 Å². The highest BCUT2D eigenvalue weighted by molar-refractivity contribution is 5.78. The van der Waals surface area contributed by atoms with Crippen LogP contribution < -0.4 is 15.8 Å². The number of ether oxygens (including phenoxy) is 1. The van der Waals surface area contributed by atoms with Gasteiger partial charge in [-0.05, 0) is 38.5 Å². The molecule has 8 nitrogen and oxygen atoms in total. The van der Waals surface area contributed by atoms with Gasteiger partial charge in [0.2, 0.25) is 11.9 Å². The average Bonchev–Trinajstić information content (AvgIpc) is 2.74. The molecule has 0 spiro atoms. The fraction of sp³-hybridized carbons (Fsp3) is 0.762. The molecule has 3 heterocycles. The summed E-state index contributed by atoms with van der Waals surface area (Å²) in [4.78, 5) is 37.3. The van der Waals surface area contributed by atoms with Gasteiger partial charge in [0.05, 0.1) is 18.9 Å². The van der Waals surface area contributed by atoms with E-state index in [1.807, 2.05) is 6.92 Å². The van der Waals surface area contributed by atoms with Gasteiger partial charge in [-0.2, -0.15) is 0 Å². The van der Waals surface area contributed by atoms with Crippen LogP contribution in [-0.4, -0.2) is 72.8 Å². The fourth-order valence-corrected chi connectivity index (χ4v) is 4.62. The summed E-state index contributed by atoms with van der Waals surface area (Å²) in [5.41, 5.74) is 1.83. The first-order valence-corrected chi connectivity index (χ1v) is 11.1.